The lowest BCUT2D eigenvalue weighted by molar-refractivity contribution is 0.0965. The Morgan fingerprint density at radius 3 is 2.86 bits per heavy atom. The van der Waals surface area contributed by atoms with Gasteiger partial charge in [-0.25, -0.2) is 0 Å². The summed E-state index contributed by atoms with van der Waals surface area (Å²) in [5.74, 6) is -0.174. The van der Waals surface area contributed by atoms with Gasteiger partial charge in [0.05, 0.1) is 5.56 Å². The van der Waals surface area contributed by atoms with E-state index in [1.54, 1.807) is 7.05 Å². The van der Waals surface area contributed by atoms with Crippen molar-refractivity contribution in [3.05, 3.63) is 35.0 Å². The number of rotatable bonds is 1. The molecule has 0 spiro atoms. The average Bonchev–Trinajstić information content (AvgIpc) is 2.53. The van der Waals surface area contributed by atoms with Crippen molar-refractivity contribution in [2.75, 3.05) is 7.05 Å². The lowest BCUT2D eigenvalue weighted by Gasteiger charge is -1.97. The van der Waals surface area contributed by atoms with Gasteiger partial charge in [-0.15, -0.1) is 0 Å². The Bertz CT molecular complexity index is 490. The van der Waals surface area contributed by atoms with Crippen molar-refractivity contribution >= 4 is 28.4 Å². The number of hydrogen-bond acceptors (Lipinski definition) is 1. The smallest absolute Gasteiger partial charge is 0.254 e. The number of H-pyrrole nitrogens is 1. The molecule has 0 atom stereocenters. The zero-order valence-corrected chi connectivity index (χ0v) is 8.35. The van der Waals surface area contributed by atoms with E-state index < -0.39 is 0 Å². The predicted octanol–water partition coefficient (Wildman–Crippen LogP) is 2.18. The number of nitrogens with one attached hydrogen (secondary N) is 2. The highest BCUT2D eigenvalue weighted by Crippen LogP contribution is 2.25. The van der Waals surface area contributed by atoms with Crippen LogP contribution >= 0.6 is 11.6 Å². The second-order valence-electron chi connectivity index (χ2n) is 2.94. The average molecular weight is 209 g/mol. The number of halogens is 1. The molecule has 0 saturated carbocycles. The van der Waals surface area contributed by atoms with Crippen LogP contribution in [0.4, 0.5) is 0 Å². The molecule has 3 nitrogen and oxygen atoms in total. The Hall–Kier alpha value is -1.48. The van der Waals surface area contributed by atoms with Gasteiger partial charge in [-0.1, -0.05) is 29.8 Å². The monoisotopic (exact) mass is 208 g/mol. The minimum absolute atomic E-state index is 0.174. The molecule has 0 bridgehead atoms. The van der Waals surface area contributed by atoms with Gasteiger partial charge in [-0.3, -0.25) is 4.79 Å². The maximum Gasteiger partial charge on any atom is 0.254 e. The van der Waals surface area contributed by atoms with E-state index in [1.165, 1.54) is 0 Å². The van der Waals surface area contributed by atoms with E-state index in [0.29, 0.717) is 10.7 Å². The van der Waals surface area contributed by atoms with Crippen LogP contribution < -0.4 is 5.32 Å². The molecule has 0 radical (unpaired) electrons. The molecule has 1 heterocycles. The van der Waals surface area contributed by atoms with Gasteiger partial charge in [0.1, 0.15) is 5.15 Å². The molecule has 1 amide bonds. The molecular formula is C10H9ClN2O. The highest BCUT2D eigenvalue weighted by atomic mass is 35.5. The lowest BCUT2D eigenvalue weighted by Crippen LogP contribution is -2.17. The molecule has 14 heavy (non-hydrogen) atoms. The summed E-state index contributed by atoms with van der Waals surface area (Å²) in [6, 6.07) is 7.51. The zero-order chi connectivity index (χ0) is 10.1. The van der Waals surface area contributed by atoms with Crippen molar-refractivity contribution in [1.82, 2.24) is 10.3 Å². The van der Waals surface area contributed by atoms with Crippen LogP contribution in [0, 0.1) is 0 Å². The summed E-state index contributed by atoms with van der Waals surface area (Å²) in [4.78, 5) is 14.4. The molecule has 1 aromatic heterocycles. The SMILES string of the molecule is CNC(=O)c1c(Cl)[nH]c2ccccc12. The molecule has 1 aromatic carbocycles. The number of para-hydroxylation sites is 1. The van der Waals surface area contributed by atoms with Crippen LogP contribution in [0.5, 0.6) is 0 Å². The summed E-state index contributed by atoms with van der Waals surface area (Å²) < 4.78 is 0. The molecule has 2 N–H and O–H groups in total. The minimum Gasteiger partial charge on any atom is -0.355 e. The summed E-state index contributed by atoms with van der Waals surface area (Å²) in [7, 11) is 1.58. The number of hydrogen-bond donors (Lipinski definition) is 2. The van der Waals surface area contributed by atoms with Crippen molar-refractivity contribution in [2.45, 2.75) is 0 Å². The summed E-state index contributed by atoms with van der Waals surface area (Å²) in [5.41, 5.74) is 1.38. The number of aromatic amines is 1. The fourth-order valence-electron chi connectivity index (χ4n) is 1.46. The van der Waals surface area contributed by atoms with Crippen LogP contribution in [0.25, 0.3) is 10.9 Å². The van der Waals surface area contributed by atoms with E-state index in [9.17, 15) is 4.79 Å². The van der Waals surface area contributed by atoms with Crippen LogP contribution in [0.1, 0.15) is 10.4 Å². The van der Waals surface area contributed by atoms with Gasteiger partial charge in [0, 0.05) is 18.0 Å². The summed E-state index contributed by atoms with van der Waals surface area (Å²) in [6.45, 7) is 0. The summed E-state index contributed by atoms with van der Waals surface area (Å²) in [5, 5.41) is 3.78. The van der Waals surface area contributed by atoms with Gasteiger partial charge in [0.25, 0.3) is 5.91 Å². The summed E-state index contributed by atoms with van der Waals surface area (Å²) >= 11 is 5.92. The first-order valence-electron chi connectivity index (χ1n) is 4.22. The van der Waals surface area contributed by atoms with Gasteiger partial charge in [-0.05, 0) is 6.07 Å². The number of amides is 1. The Morgan fingerprint density at radius 2 is 2.14 bits per heavy atom. The number of fused-ring (bicyclic) bond motifs is 1. The largest absolute Gasteiger partial charge is 0.355 e. The van der Waals surface area contributed by atoms with Crippen molar-refractivity contribution in [3.63, 3.8) is 0 Å². The van der Waals surface area contributed by atoms with Gasteiger partial charge < -0.3 is 10.3 Å². The fourth-order valence-corrected chi connectivity index (χ4v) is 1.75. The van der Waals surface area contributed by atoms with E-state index >= 15 is 0 Å². The molecule has 0 unspecified atom stereocenters. The van der Waals surface area contributed by atoms with Crippen molar-refractivity contribution in [2.24, 2.45) is 0 Å². The Kier molecular flexibility index (Phi) is 2.17. The third-order valence-electron chi connectivity index (χ3n) is 2.11. The zero-order valence-electron chi connectivity index (χ0n) is 7.60. The number of aromatic nitrogens is 1. The second kappa shape index (κ2) is 3.35. The van der Waals surface area contributed by atoms with E-state index in [1.807, 2.05) is 24.3 Å². The van der Waals surface area contributed by atoms with Crippen LogP contribution in [-0.4, -0.2) is 17.9 Å². The standard InChI is InChI=1S/C10H9ClN2O/c1-12-10(14)8-6-4-2-3-5-7(6)13-9(8)11/h2-5,13H,1H3,(H,12,14). The van der Waals surface area contributed by atoms with E-state index in [4.69, 9.17) is 11.6 Å². The van der Waals surface area contributed by atoms with Crippen LogP contribution in [0.2, 0.25) is 5.15 Å². The molecule has 2 rings (SSSR count). The molecular weight excluding hydrogens is 200 g/mol. The van der Waals surface area contributed by atoms with Crippen LogP contribution in [-0.2, 0) is 0 Å². The normalized spacial score (nSPS) is 10.4. The van der Waals surface area contributed by atoms with Crippen molar-refractivity contribution in [1.29, 1.82) is 0 Å². The first-order chi connectivity index (χ1) is 6.74. The Morgan fingerprint density at radius 1 is 1.43 bits per heavy atom. The van der Waals surface area contributed by atoms with Crippen LogP contribution in [0.15, 0.2) is 24.3 Å². The lowest BCUT2D eigenvalue weighted by atomic mass is 10.1. The molecule has 0 aliphatic carbocycles. The fraction of sp³-hybridized carbons (Fsp3) is 0.100. The first kappa shape index (κ1) is 9.09. The maximum atomic E-state index is 11.5. The molecule has 0 aliphatic heterocycles. The van der Waals surface area contributed by atoms with E-state index in [0.717, 1.165) is 10.9 Å². The van der Waals surface area contributed by atoms with Gasteiger partial charge >= 0.3 is 0 Å². The minimum atomic E-state index is -0.174. The number of carbonyl (C=O) groups is 1. The van der Waals surface area contributed by atoms with Gasteiger partial charge in [-0.2, -0.15) is 0 Å². The molecule has 2 aromatic rings. The summed E-state index contributed by atoms with van der Waals surface area (Å²) in [6.07, 6.45) is 0. The third-order valence-corrected chi connectivity index (χ3v) is 2.40. The van der Waals surface area contributed by atoms with E-state index in [-0.39, 0.29) is 5.91 Å². The quantitative estimate of drug-likeness (QED) is 0.742. The van der Waals surface area contributed by atoms with Crippen LogP contribution in [0.3, 0.4) is 0 Å². The predicted molar refractivity (Wildman–Crippen MR) is 56.7 cm³/mol. The van der Waals surface area contributed by atoms with E-state index in [2.05, 4.69) is 10.3 Å². The van der Waals surface area contributed by atoms with Gasteiger partial charge in [0.2, 0.25) is 0 Å². The highest BCUT2D eigenvalue weighted by Gasteiger charge is 2.15. The Labute approximate surface area is 86.1 Å². The Balaban J connectivity index is 2.74. The molecule has 0 fully saturated rings. The molecule has 0 aliphatic rings. The van der Waals surface area contributed by atoms with Crippen molar-refractivity contribution in [3.8, 4) is 0 Å². The topological polar surface area (TPSA) is 44.9 Å². The molecule has 0 saturated heterocycles. The first-order valence-corrected chi connectivity index (χ1v) is 4.60. The second-order valence-corrected chi connectivity index (χ2v) is 3.32. The number of carbonyl (C=O) groups excluding carboxylic acids is 1. The number of benzene rings is 1. The molecule has 4 heteroatoms. The van der Waals surface area contributed by atoms with Crippen molar-refractivity contribution < 1.29 is 4.79 Å². The maximum absolute atomic E-state index is 11.5. The third kappa shape index (κ3) is 1.26. The van der Waals surface area contributed by atoms with Gasteiger partial charge in [0.15, 0.2) is 0 Å². The highest BCUT2D eigenvalue weighted by molar-refractivity contribution is 6.35. The molecule has 72 valence electrons.